The summed E-state index contributed by atoms with van der Waals surface area (Å²) in [5.41, 5.74) is -0.195. The van der Waals surface area contributed by atoms with Crippen molar-refractivity contribution in [3.8, 4) is 5.75 Å². The number of amides is 1. The first kappa shape index (κ1) is 15.5. The molecule has 0 spiro atoms. The third-order valence-electron chi connectivity index (χ3n) is 3.59. The van der Waals surface area contributed by atoms with E-state index in [1.54, 1.807) is 48.5 Å². The number of rotatable bonds is 4. The number of hydrogen-bond acceptors (Lipinski definition) is 4. The van der Waals surface area contributed by atoms with E-state index in [0.717, 1.165) is 0 Å². The van der Waals surface area contributed by atoms with Crippen molar-refractivity contribution in [1.29, 1.82) is 0 Å². The Morgan fingerprint density at radius 1 is 1.12 bits per heavy atom. The summed E-state index contributed by atoms with van der Waals surface area (Å²) < 4.78 is 6.40. The number of aromatic nitrogens is 2. The number of H-pyrrole nitrogens is 1. The molecule has 2 aromatic carbocycles. The van der Waals surface area contributed by atoms with Crippen LogP contribution in [-0.2, 0) is 11.3 Å². The lowest BCUT2D eigenvalue weighted by Gasteiger charge is -2.12. The van der Waals surface area contributed by atoms with Crippen molar-refractivity contribution in [3.63, 3.8) is 0 Å². The van der Waals surface area contributed by atoms with E-state index in [0.29, 0.717) is 22.3 Å². The van der Waals surface area contributed by atoms with Gasteiger partial charge in [0.1, 0.15) is 12.3 Å². The molecule has 3 aromatic rings. The molecule has 0 aliphatic carbocycles. The molecule has 122 valence electrons. The van der Waals surface area contributed by atoms with E-state index in [2.05, 4.69) is 10.3 Å². The molecule has 1 aromatic heterocycles. The standard InChI is InChI=1S/C17H15N3O4/c1-24-14-9-5-3-7-12(14)18-15(21)10-20-13-8-4-2-6-11(13)16(22)19-17(20)23/h2-9H,10H2,1H3,(H,18,21)(H,19,22,23). The summed E-state index contributed by atoms with van der Waals surface area (Å²) in [4.78, 5) is 38.4. The molecule has 0 saturated carbocycles. The highest BCUT2D eigenvalue weighted by molar-refractivity contribution is 5.93. The lowest BCUT2D eigenvalue weighted by atomic mass is 10.2. The van der Waals surface area contributed by atoms with Crippen molar-refractivity contribution in [2.75, 3.05) is 12.4 Å². The average Bonchev–Trinajstić information content (AvgIpc) is 2.59. The second-order valence-corrected chi connectivity index (χ2v) is 5.11. The summed E-state index contributed by atoms with van der Waals surface area (Å²) in [6.45, 7) is -0.228. The van der Waals surface area contributed by atoms with Crippen LogP contribution in [0.3, 0.4) is 0 Å². The maximum Gasteiger partial charge on any atom is 0.329 e. The summed E-state index contributed by atoms with van der Waals surface area (Å²) in [7, 11) is 1.50. The smallest absolute Gasteiger partial charge is 0.329 e. The number of para-hydroxylation sites is 3. The maximum absolute atomic E-state index is 12.3. The van der Waals surface area contributed by atoms with Crippen LogP contribution in [0.25, 0.3) is 10.9 Å². The third kappa shape index (κ3) is 2.91. The van der Waals surface area contributed by atoms with Gasteiger partial charge in [-0.25, -0.2) is 4.79 Å². The van der Waals surface area contributed by atoms with Crippen molar-refractivity contribution < 1.29 is 9.53 Å². The Morgan fingerprint density at radius 3 is 2.62 bits per heavy atom. The van der Waals surface area contributed by atoms with Gasteiger partial charge < -0.3 is 10.1 Å². The van der Waals surface area contributed by atoms with Crippen molar-refractivity contribution in [3.05, 3.63) is 69.4 Å². The molecular formula is C17H15N3O4. The van der Waals surface area contributed by atoms with Gasteiger partial charge in [-0.2, -0.15) is 0 Å². The number of carbonyl (C=O) groups is 1. The van der Waals surface area contributed by atoms with E-state index in [4.69, 9.17) is 4.74 Å². The average molecular weight is 325 g/mol. The van der Waals surface area contributed by atoms with Gasteiger partial charge in [0, 0.05) is 0 Å². The minimum absolute atomic E-state index is 0.228. The van der Waals surface area contributed by atoms with Gasteiger partial charge in [0.2, 0.25) is 5.91 Å². The largest absolute Gasteiger partial charge is 0.495 e. The van der Waals surface area contributed by atoms with E-state index in [9.17, 15) is 14.4 Å². The zero-order valence-corrected chi connectivity index (χ0v) is 12.9. The molecule has 1 amide bonds. The molecular weight excluding hydrogens is 310 g/mol. The summed E-state index contributed by atoms with van der Waals surface area (Å²) in [6, 6.07) is 13.6. The molecule has 0 atom stereocenters. The van der Waals surface area contributed by atoms with Crippen molar-refractivity contribution in [1.82, 2.24) is 9.55 Å². The molecule has 7 nitrogen and oxygen atoms in total. The lowest BCUT2D eigenvalue weighted by Crippen LogP contribution is -2.34. The third-order valence-corrected chi connectivity index (χ3v) is 3.59. The molecule has 24 heavy (non-hydrogen) atoms. The van der Waals surface area contributed by atoms with Gasteiger partial charge in [0.05, 0.1) is 23.7 Å². The highest BCUT2D eigenvalue weighted by Gasteiger charge is 2.12. The Kier molecular flexibility index (Phi) is 4.15. The number of methoxy groups -OCH3 is 1. The van der Waals surface area contributed by atoms with E-state index < -0.39 is 17.2 Å². The van der Waals surface area contributed by atoms with Crippen LogP contribution in [0, 0.1) is 0 Å². The fourth-order valence-electron chi connectivity index (χ4n) is 2.48. The number of carbonyl (C=O) groups excluding carboxylic acids is 1. The lowest BCUT2D eigenvalue weighted by molar-refractivity contribution is -0.116. The van der Waals surface area contributed by atoms with E-state index >= 15 is 0 Å². The van der Waals surface area contributed by atoms with Crippen LogP contribution in [0.5, 0.6) is 5.75 Å². The minimum Gasteiger partial charge on any atom is -0.495 e. The zero-order chi connectivity index (χ0) is 17.1. The Hall–Kier alpha value is -3.35. The predicted octanol–water partition coefficient (Wildman–Crippen LogP) is 1.34. The number of nitrogens with zero attached hydrogens (tertiary/aromatic N) is 1. The van der Waals surface area contributed by atoms with Gasteiger partial charge in [-0.1, -0.05) is 24.3 Å². The maximum atomic E-state index is 12.3. The van der Waals surface area contributed by atoms with Gasteiger partial charge >= 0.3 is 5.69 Å². The number of ether oxygens (including phenoxy) is 1. The molecule has 7 heteroatoms. The normalized spacial score (nSPS) is 10.5. The monoisotopic (exact) mass is 325 g/mol. The number of hydrogen-bond donors (Lipinski definition) is 2. The molecule has 0 aliphatic heterocycles. The number of fused-ring (bicyclic) bond motifs is 1. The topological polar surface area (TPSA) is 93.2 Å². The van der Waals surface area contributed by atoms with Crippen LogP contribution in [0.4, 0.5) is 5.69 Å². The summed E-state index contributed by atoms with van der Waals surface area (Å²) in [5, 5.41) is 3.05. The van der Waals surface area contributed by atoms with Crippen LogP contribution in [-0.4, -0.2) is 22.6 Å². The SMILES string of the molecule is COc1ccccc1NC(=O)Cn1c(=O)[nH]c(=O)c2ccccc21. The Labute approximate surface area is 136 Å². The van der Waals surface area contributed by atoms with Gasteiger partial charge in [0.15, 0.2) is 0 Å². The Morgan fingerprint density at radius 2 is 1.83 bits per heavy atom. The van der Waals surface area contributed by atoms with Gasteiger partial charge in [0.25, 0.3) is 5.56 Å². The first-order valence-electron chi connectivity index (χ1n) is 7.25. The first-order valence-corrected chi connectivity index (χ1v) is 7.25. The van der Waals surface area contributed by atoms with Gasteiger partial charge in [-0.05, 0) is 24.3 Å². The van der Waals surface area contributed by atoms with Crippen LogP contribution in [0.15, 0.2) is 58.1 Å². The quantitative estimate of drug-likeness (QED) is 0.757. The molecule has 2 N–H and O–H groups in total. The van der Waals surface area contributed by atoms with Crippen molar-refractivity contribution >= 4 is 22.5 Å². The van der Waals surface area contributed by atoms with Crippen LogP contribution in [0.1, 0.15) is 0 Å². The van der Waals surface area contributed by atoms with E-state index in [1.807, 2.05) is 0 Å². The fraction of sp³-hybridized carbons (Fsp3) is 0.118. The number of nitrogens with one attached hydrogen (secondary N) is 2. The highest BCUT2D eigenvalue weighted by atomic mass is 16.5. The van der Waals surface area contributed by atoms with Crippen molar-refractivity contribution in [2.24, 2.45) is 0 Å². The molecule has 0 aliphatic rings. The molecule has 0 fully saturated rings. The van der Waals surface area contributed by atoms with E-state index in [-0.39, 0.29) is 6.54 Å². The minimum atomic E-state index is -0.631. The van der Waals surface area contributed by atoms with Crippen LogP contribution < -0.4 is 21.3 Å². The highest BCUT2D eigenvalue weighted by Crippen LogP contribution is 2.22. The second-order valence-electron chi connectivity index (χ2n) is 5.11. The number of benzene rings is 2. The molecule has 3 rings (SSSR count). The summed E-state index contributed by atoms with van der Waals surface area (Å²) in [6.07, 6.45) is 0. The van der Waals surface area contributed by atoms with E-state index in [1.165, 1.54) is 11.7 Å². The molecule has 0 bridgehead atoms. The molecule has 0 unspecified atom stereocenters. The predicted molar refractivity (Wildman–Crippen MR) is 90.5 cm³/mol. The fourth-order valence-corrected chi connectivity index (χ4v) is 2.48. The van der Waals surface area contributed by atoms with Crippen molar-refractivity contribution in [2.45, 2.75) is 6.54 Å². The van der Waals surface area contributed by atoms with Gasteiger partial charge in [-0.3, -0.25) is 19.1 Å². The Bertz CT molecular complexity index is 1020. The summed E-state index contributed by atoms with van der Waals surface area (Å²) >= 11 is 0. The van der Waals surface area contributed by atoms with Crippen LogP contribution >= 0.6 is 0 Å². The molecule has 0 radical (unpaired) electrons. The number of aromatic amines is 1. The van der Waals surface area contributed by atoms with Crippen LogP contribution in [0.2, 0.25) is 0 Å². The Balaban J connectivity index is 1.94. The zero-order valence-electron chi connectivity index (χ0n) is 12.9. The second kappa shape index (κ2) is 6.41. The first-order chi connectivity index (χ1) is 11.6. The molecule has 1 heterocycles. The molecule has 0 saturated heterocycles. The summed E-state index contributed by atoms with van der Waals surface area (Å²) in [5.74, 6) is 0.114. The number of anilines is 1. The van der Waals surface area contributed by atoms with Gasteiger partial charge in [-0.15, -0.1) is 0 Å².